The lowest BCUT2D eigenvalue weighted by Gasteiger charge is -2.35. The molecule has 0 aromatic heterocycles. The Bertz CT molecular complexity index is 952. The molecule has 0 bridgehead atoms. The summed E-state index contributed by atoms with van der Waals surface area (Å²) in [4.78, 5) is 2.50. The normalized spacial score (nSPS) is 15.8. The Balaban J connectivity index is 1.53. The van der Waals surface area contributed by atoms with Crippen LogP contribution in [0.4, 0.5) is 0 Å². The molecule has 0 amide bonds. The lowest BCUT2D eigenvalue weighted by atomic mass is 10.0. The van der Waals surface area contributed by atoms with Crippen LogP contribution < -0.4 is 14.8 Å². The van der Waals surface area contributed by atoms with Crippen molar-refractivity contribution in [3.05, 3.63) is 71.8 Å². The number of fused-ring (bicyclic) bond motifs is 1. The highest BCUT2D eigenvalue weighted by atomic mass is 16.5. The van der Waals surface area contributed by atoms with Gasteiger partial charge in [0.2, 0.25) is 0 Å². The fraction of sp³-hybridized carbons (Fsp3) is 0.360. The number of nitrogens with one attached hydrogen (secondary N) is 1. The lowest BCUT2D eigenvalue weighted by molar-refractivity contribution is 0.0161. The Morgan fingerprint density at radius 1 is 0.933 bits per heavy atom. The number of nitrogens with zero attached hydrogens (tertiary/aromatic N) is 1. The Kier molecular flexibility index (Phi) is 6.84. The fourth-order valence-corrected chi connectivity index (χ4v) is 4.20. The van der Waals surface area contributed by atoms with Gasteiger partial charge in [0.15, 0.2) is 0 Å². The SMILES string of the molecule is COc1ccc([C@@H](CNCc2c(OC)ccc3ccccc23)N2CCOCC2)cc1. The molecule has 0 spiro atoms. The van der Waals surface area contributed by atoms with Gasteiger partial charge in [-0.2, -0.15) is 0 Å². The second kappa shape index (κ2) is 9.94. The molecule has 0 unspecified atom stereocenters. The van der Waals surface area contributed by atoms with Crippen LogP contribution >= 0.6 is 0 Å². The van der Waals surface area contributed by atoms with Crippen molar-refractivity contribution in [1.82, 2.24) is 10.2 Å². The molecule has 30 heavy (non-hydrogen) atoms. The first-order valence-corrected chi connectivity index (χ1v) is 10.5. The summed E-state index contributed by atoms with van der Waals surface area (Å²) < 4.78 is 16.6. The Morgan fingerprint density at radius 3 is 2.43 bits per heavy atom. The van der Waals surface area contributed by atoms with Crippen molar-refractivity contribution in [1.29, 1.82) is 0 Å². The minimum absolute atomic E-state index is 0.278. The smallest absolute Gasteiger partial charge is 0.123 e. The maximum Gasteiger partial charge on any atom is 0.123 e. The summed E-state index contributed by atoms with van der Waals surface area (Å²) >= 11 is 0. The first-order valence-electron chi connectivity index (χ1n) is 10.5. The maximum atomic E-state index is 5.66. The van der Waals surface area contributed by atoms with Crippen molar-refractivity contribution >= 4 is 10.8 Å². The van der Waals surface area contributed by atoms with Crippen LogP contribution in [0, 0.1) is 0 Å². The predicted octanol–water partition coefficient (Wildman–Crippen LogP) is 4.02. The van der Waals surface area contributed by atoms with Gasteiger partial charge >= 0.3 is 0 Å². The van der Waals surface area contributed by atoms with Crippen molar-refractivity contribution in [2.75, 3.05) is 47.1 Å². The molecule has 4 rings (SSSR count). The van der Waals surface area contributed by atoms with Gasteiger partial charge in [-0.1, -0.05) is 42.5 Å². The summed E-state index contributed by atoms with van der Waals surface area (Å²) in [6.45, 7) is 5.04. The van der Waals surface area contributed by atoms with Crippen LogP contribution in [0.1, 0.15) is 17.2 Å². The third-order valence-corrected chi connectivity index (χ3v) is 5.84. The van der Waals surface area contributed by atoms with E-state index < -0.39 is 0 Å². The van der Waals surface area contributed by atoms with E-state index in [9.17, 15) is 0 Å². The largest absolute Gasteiger partial charge is 0.497 e. The molecule has 1 heterocycles. The zero-order valence-electron chi connectivity index (χ0n) is 17.8. The van der Waals surface area contributed by atoms with Crippen LogP contribution in [-0.4, -0.2) is 52.0 Å². The molecule has 3 aromatic rings. The van der Waals surface area contributed by atoms with Gasteiger partial charge < -0.3 is 19.5 Å². The molecule has 5 nitrogen and oxygen atoms in total. The van der Waals surface area contributed by atoms with Crippen LogP contribution in [0.15, 0.2) is 60.7 Å². The highest BCUT2D eigenvalue weighted by molar-refractivity contribution is 5.87. The molecule has 1 atom stereocenters. The van der Waals surface area contributed by atoms with Crippen molar-refractivity contribution in [3.8, 4) is 11.5 Å². The lowest BCUT2D eigenvalue weighted by Crippen LogP contribution is -2.42. The van der Waals surface area contributed by atoms with Gasteiger partial charge in [-0.25, -0.2) is 0 Å². The van der Waals surface area contributed by atoms with Gasteiger partial charge in [-0.15, -0.1) is 0 Å². The minimum atomic E-state index is 0.278. The van der Waals surface area contributed by atoms with E-state index in [4.69, 9.17) is 14.2 Å². The quantitative estimate of drug-likeness (QED) is 0.612. The average molecular weight is 407 g/mol. The van der Waals surface area contributed by atoms with Gasteiger partial charge in [-0.3, -0.25) is 4.90 Å². The molecule has 0 saturated carbocycles. The van der Waals surface area contributed by atoms with Crippen molar-refractivity contribution in [3.63, 3.8) is 0 Å². The van der Waals surface area contributed by atoms with Crippen LogP contribution in [-0.2, 0) is 11.3 Å². The van der Waals surface area contributed by atoms with Gasteiger partial charge in [0, 0.05) is 37.8 Å². The van der Waals surface area contributed by atoms with E-state index in [-0.39, 0.29) is 6.04 Å². The standard InChI is InChI=1S/C25H30N2O3/c1-28-21-10-7-20(8-11-21)24(27-13-15-30-16-14-27)18-26-17-23-22-6-4-3-5-19(22)9-12-25(23)29-2/h3-12,24,26H,13-18H2,1-2H3/t24-/m1/s1. The van der Waals surface area contributed by atoms with E-state index >= 15 is 0 Å². The van der Waals surface area contributed by atoms with Crippen LogP contribution in [0.5, 0.6) is 11.5 Å². The Labute approximate surface area is 178 Å². The molecule has 0 radical (unpaired) electrons. The highest BCUT2D eigenvalue weighted by Gasteiger charge is 2.22. The molecule has 1 aliphatic rings. The first kappa shape index (κ1) is 20.7. The van der Waals surface area contributed by atoms with Crippen LogP contribution in [0.25, 0.3) is 10.8 Å². The summed E-state index contributed by atoms with van der Waals surface area (Å²) in [7, 11) is 3.44. The van der Waals surface area contributed by atoms with Crippen LogP contribution in [0.2, 0.25) is 0 Å². The number of methoxy groups -OCH3 is 2. The van der Waals surface area contributed by atoms with E-state index in [0.29, 0.717) is 0 Å². The van der Waals surface area contributed by atoms with Gasteiger partial charge in [0.25, 0.3) is 0 Å². The van der Waals surface area contributed by atoms with E-state index in [1.54, 1.807) is 14.2 Å². The molecule has 158 valence electrons. The summed E-state index contributed by atoms with van der Waals surface area (Å²) in [5, 5.41) is 6.16. The fourth-order valence-electron chi connectivity index (χ4n) is 4.20. The molecular formula is C25H30N2O3. The number of hydrogen-bond donors (Lipinski definition) is 1. The second-order valence-corrected chi connectivity index (χ2v) is 7.54. The topological polar surface area (TPSA) is 43.0 Å². The summed E-state index contributed by atoms with van der Waals surface area (Å²) in [5.74, 6) is 1.81. The number of hydrogen-bond acceptors (Lipinski definition) is 5. The zero-order chi connectivity index (χ0) is 20.8. The van der Waals surface area contributed by atoms with Crippen molar-refractivity contribution in [2.45, 2.75) is 12.6 Å². The monoisotopic (exact) mass is 406 g/mol. The van der Waals surface area contributed by atoms with Crippen LogP contribution in [0.3, 0.4) is 0 Å². The molecule has 5 heteroatoms. The van der Waals surface area contributed by atoms with E-state index in [2.05, 4.69) is 58.7 Å². The molecule has 3 aromatic carbocycles. The number of benzene rings is 3. The zero-order valence-corrected chi connectivity index (χ0v) is 17.8. The summed E-state index contributed by atoms with van der Waals surface area (Å²) in [6, 6.07) is 21.3. The third kappa shape index (κ3) is 4.59. The first-order chi connectivity index (χ1) is 14.8. The van der Waals surface area contributed by atoms with Gasteiger partial charge in [-0.05, 0) is 34.5 Å². The second-order valence-electron chi connectivity index (χ2n) is 7.54. The van der Waals surface area contributed by atoms with Crippen molar-refractivity contribution in [2.24, 2.45) is 0 Å². The molecular weight excluding hydrogens is 376 g/mol. The Morgan fingerprint density at radius 2 is 1.70 bits per heavy atom. The molecule has 1 fully saturated rings. The van der Waals surface area contributed by atoms with E-state index in [0.717, 1.165) is 50.9 Å². The number of ether oxygens (including phenoxy) is 3. The third-order valence-electron chi connectivity index (χ3n) is 5.84. The average Bonchev–Trinajstić information content (AvgIpc) is 2.82. The minimum Gasteiger partial charge on any atom is -0.497 e. The molecule has 0 aliphatic carbocycles. The van der Waals surface area contributed by atoms with Gasteiger partial charge in [0.1, 0.15) is 11.5 Å². The highest BCUT2D eigenvalue weighted by Crippen LogP contribution is 2.29. The van der Waals surface area contributed by atoms with Gasteiger partial charge in [0.05, 0.1) is 27.4 Å². The molecule has 1 N–H and O–H groups in total. The number of morpholine rings is 1. The molecule has 1 saturated heterocycles. The van der Waals surface area contributed by atoms with Crippen molar-refractivity contribution < 1.29 is 14.2 Å². The molecule has 1 aliphatic heterocycles. The van der Waals surface area contributed by atoms with E-state index in [1.807, 2.05) is 12.1 Å². The summed E-state index contributed by atoms with van der Waals surface area (Å²) in [6.07, 6.45) is 0. The van der Waals surface area contributed by atoms with E-state index in [1.165, 1.54) is 21.9 Å². The predicted molar refractivity (Wildman–Crippen MR) is 120 cm³/mol. The Hall–Kier alpha value is -2.60. The summed E-state index contributed by atoms with van der Waals surface area (Å²) in [5.41, 5.74) is 2.49. The number of rotatable bonds is 8. The maximum absolute atomic E-state index is 5.66.